The molecule has 1 aromatic rings. The van der Waals surface area contributed by atoms with Gasteiger partial charge in [0, 0.05) is 19.1 Å². The largest absolute Gasteiger partial charge is 0.341 e. The fourth-order valence-electron chi connectivity index (χ4n) is 2.38. The molecular weight excluding hydrogens is 286 g/mol. The van der Waals surface area contributed by atoms with Crippen molar-refractivity contribution in [1.82, 2.24) is 10.2 Å². The molecule has 0 radical (unpaired) electrons. The Balaban J connectivity index is 0.00000200. The van der Waals surface area contributed by atoms with E-state index in [1.54, 1.807) is 4.90 Å². The number of hydrogen-bond acceptors (Lipinski definition) is 2. The number of rotatable bonds is 3. The second-order valence-corrected chi connectivity index (χ2v) is 4.89. The molecule has 1 atom stereocenters. The molecule has 0 aliphatic carbocycles. The zero-order valence-corrected chi connectivity index (χ0v) is 12.2. The smallest absolute Gasteiger partial charge is 0.227 e. The first kappa shape index (κ1) is 16.9. The third-order valence-electron chi connectivity index (χ3n) is 3.52. The van der Waals surface area contributed by atoms with Crippen LogP contribution in [0.2, 0.25) is 0 Å². The molecule has 1 N–H and O–H groups in total. The molecule has 1 unspecified atom stereocenters. The summed E-state index contributed by atoms with van der Waals surface area (Å²) in [5.41, 5.74) is 0.510. The van der Waals surface area contributed by atoms with Gasteiger partial charge >= 0.3 is 0 Å². The molecule has 1 aromatic carbocycles. The standard InChI is InChI=1S/C14H18F2N2O.ClH/c1-17-11-3-2-6-18(9-11)14(19)8-10-4-5-12(15)13(16)7-10;/h4-5,7,11,17H,2-3,6,8-9H2,1H3;1H. The van der Waals surface area contributed by atoms with Crippen LogP contribution in [0, 0.1) is 11.6 Å². The van der Waals surface area contributed by atoms with E-state index in [1.165, 1.54) is 6.07 Å². The van der Waals surface area contributed by atoms with Crippen LogP contribution in [0.15, 0.2) is 18.2 Å². The number of nitrogens with zero attached hydrogens (tertiary/aromatic N) is 1. The first-order valence-corrected chi connectivity index (χ1v) is 6.49. The van der Waals surface area contributed by atoms with Crippen molar-refractivity contribution in [2.24, 2.45) is 0 Å². The summed E-state index contributed by atoms with van der Waals surface area (Å²) in [4.78, 5) is 13.9. The molecule has 1 saturated heterocycles. The fourth-order valence-corrected chi connectivity index (χ4v) is 2.38. The van der Waals surface area contributed by atoms with E-state index in [1.807, 2.05) is 7.05 Å². The normalized spacial score (nSPS) is 18.6. The summed E-state index contributed by atoms with van der Waals surface area (Å²) >= 11 is 0. The van der Waals surface area contributed by atoms with Gasteiger partial charge in [0.05, 0.1) is 6.42 Å². The number of likely N-dealkylation sites (N-methyl/N-ethyl adjacent to an activating group) is 1. The average molecular weight is 305 g/mol. The van der Waals surface area contributed by atoms with Gasteiger partial charge in [0.15, 0.2) is 11.6 Å². The second kappa shape index (κ2) is 7.55. The van der Waals surface area contributed by atoms with Gasteiger partial charge in [0.25, 0.3) is 0 Å². The average Bonchev–Trinajstić information content (AvgIpc) is 2.43. The van der Waals surface area contributed by atoms with Gasteiger partial charge in [0.1, 0.15) is 0 Å². The highest BCUT2D eigenvalue weighted by molar-refractivity contribution is 5.85. The minimum atomic E-state index is -0.906. The Hall–Kier alpha value is -1.20. The molecule has 1 heterocycles. The fraction of sp³-hybridized carbons (Fsp3) is 0.500. The maximum absolute atomic E-state index is 13.1. The number of nitrogens with one attached hydrogen (secondary N) is 1. The lowest BCUT2D eigenvalue weighted by Crippen LogP contribution is -2.47. The van der Waals surface area contributed by atoms with Crippen molar-refractivity contribution in [1.29, 1.82) is 0 Å². The summed E-state index contributed by atoms with van der Waals surface area (Å²) in [5, 5.41) is 3.17. The number of carbonyl (C=O) groups is 1. The van der Waals surface area contributed by atoms with E-state index < -0.39 is 11.6 Å². The lowest BCUT2D eigenvalue weighted by Gasteiger charge is -2.32. The van der Waals surface area contributed by atoms with Crippen LogP contribution in [-0.2, 0) is 11.2 Å². The molecule has 20 heavy (non-hydrogen) atoms. The molecule has 0 spiro atoms. The van der Waals surface area contributed by atoms with E-state index in [0.717, 1.165) is 31.5 Å². The maximum atomic E-state index is 13.1. The number of likely N-dealkylation sites (tertiary alicyclic amines) is 1. The minimum absolute atomic E-state index is 0. The highest BCUT2D eigenvalue weighted by Crippen LogP contribution is 2.14. The van der Waals surface area contributed by atoms with Crippen LogP contribution in [0.1, 0.15) is 18.4 Å². The predicted molar refractivity (Wildman–Crippen MR) is 76.0 cm³/mol. The summed E-state index contributed by atoms with van der Waals surface area (Å²) in [6.07, 6.45) is 2.15. The third-order valence-corrected chi connectivity index (χ3v) is 3.52. The molecule has 0 saturated carbocycles. The first-order valence-electron chi connectivity index (χ1n) is 6.49. The SMILES string of the molecule is CNC1CCCN(C(=O)Cc2ccc(F)c(F)c2)C1.Cl. The van der Waals surface area contributed by atoms with Crippen molar-refractivity contribution in [3.05, 3.63) is 35.4 Å². The topological polar surface area (TPSA) is 32.3 Å². The van der Waals surface area contributed by atoms with E-state index in [9.17, 15) is 13.6 Å². The quantitative estimate of drug-likeness (QED) is 0.928. The Morgan fingerprint density at radius 1 is 1.40 bits per heavy atom. The zero-order valence-electron chi connectivity index (χ0n) is 11.4. The van der Waals surface area contributed by atoms with Gasteiger partial charge in [-0.2, -0.15) is 0 Å². The molecule has 6 heteroatoms. The molecule has 1 amide bonds. The number of benzene rings is 1. The van der Waals surface area contributed by atoms with Crippen LogP contribution >= 0.6 is 12.4 Å². The molecule has 1 fully saturated rings. The highest BCUT2D eigenvalue weighted by atomic mass is 35.5. The molecule has 0 bridgehead atoms. The Labute approximate surface area is 123 Å². The van der Waals surface area contributed by atoms with Gasteiger partial charge in [-0.1, -0.05) is 6.07 Å². The Kier molecular flexibility index (Phi) is 6.36. The minimum Gasteiger partial charge on any atom is -0.341 e. The maximum Gasteiger partial charge on any atom is 0.227 e. The molecule has 3 nitrogen and oxygen atoms in total. The highest BCUT2D eigenvalue weighted by Gasteiger charge is 2.22. The Morgan fingerprint density at radius 3 is 2.80 bits per heavy atom. The predicted octanol–water partition coefficient (Wildman–Crippen LogP) is 2.14. The number of piperidine rings is 1. The molecule has 2 rings (SSSR count). The van der Waals surface area contributed by atoms with E-state index in [2.05, 4.69) is 5.32 Å². The number of halogens is 3. The van der Waals surface area contributed by atoms with E-state index in [4.69, 9.17) is 0 Å². The van der Waals surface area contributed by atoms with Gasteiger partial charge in [-0.05, 0) is 37.6 Å². The Morgan fingerprint density at radius 2 is 2.15 bits per heavy atom. The first-order chi connectivity index (χ1) is 9.10. The van der Waals surface area contributed by atoms with E-state index >= 15 is 0 Å². The summed E-state index contributed by atoms with van der Waals surface area (Å²) in [7, 11) is 1.88. The van der Waals surface area contributed by atoms with Gasteiger partial charge in [0.2, 0.25) is 5.91 Å². The zero-order chi connectivity index (χ0) is 13.8. The van der Waals surface area contributed by atoms with Crippen LogP contribution < -0.4 is 5.32 Å². The van der Waals surface area contributed by atoms with E-state index in [0.29, 0.717) is 18.2 Å². The monoisotopic (exact) mass is 304 g/mol. The number of carbonyl (C=O) groups excluding carboxylic acids is 1. The van der Waals surface area contributed by atoms with Gasteiger partial charge in [-0.15, -0.1) is 12.4 Å². The van der Waals surface area contributed by atoms with Crippen LogP contribution in [0.25, 0.3) is 0 Å². The van der Waals surface area contributed by atoms with Gasteiger partial charge in [-0.3, -0.25) is 4.79 Å². The van der Waals surface area contributed by atoms with Crippen molar-refractivity contribution < 1.29 is 13.6 Å². The number of amides is 1. The van der Waals surface area contributed by atoms with Crippen molar-refractivity contribution in [2.45, 2.75) is 25.3 Å². The van der Waals surface area contributed by atoms with Gasteiger partial charge < -0.3 is 10.2 Å². The van der Waals surface area contributed by atoms with Crippen molar-refractivity contribution in [3.8, 4) is 0 Å². The van der Waals surface area contributed by atoms with Crippen molar-refractivity contribution in [2.75, 3.05) is 20.1 Å². The summed E-state index contributed by atoms with van der Waals surface area (Å²) in [6, 6.07) is 3.93. The molecule has 0 aromatic heterocycles. The molecule has 112 valence electrons. The molecular formula is C14H19ClF2N2O. The van der Waals surface area contributed by atoms with Crippen LogP contribution in [-0.4, -0.2) is 37.0 Å². The Bertz CT molecular complexity index is 470. The lowest BCUT2D eigenvalue weighted by molar-refractivity contribution is -0.131. The summed E-state index contributed by atoms with van der Waals surface area (Å²) in [6.45, 7) is 1.42. The molecule has 1 aliphatic heterocycles. The van der Waals surface area contributed by atoms with Crippen LogP contribution in [0.3, 0.4) is 0 Å². The van der Waals surface area contributed by atoms with Crippen LogP contribution in [0.5, 0.6) is 0 Å². The van der Waals surface area contributed by atoms with Crippen molar-refractivity contribution >= 4 is 18.3 Å². The third kappa shape index (κ3) is 4.15. The summed E-state index contributed by atoms with van der Waals surface area (Å²) < 4.78 is 25.9. The van der Waals surface area contributed by atoms with Gasteiger partial charge in [-0.25, -0.2) is 8.78 Å². The second-order valence-electron chi connectivity index (χ2n) is 4.89. The molecule has 1 aliphatic rings. The summed E-state index contributed by atoms with van der Waals surface area (Å²) in [5.74, 6) is -1.83. The van der Waals surface area contributed by atoms with Crippen LogP contribution in [0.4, 0.5) is 8.78 Å². The van der Waals surface area contributed by atoms with E-state index in [-0.39, 0.29) is 24.7 Å². The van der Waals surface area contributed by atoms with Crippen molar-refractivity contribution in [3.63, 3.8) is 0 Å². The number of hydrogen-bond donors (Lipinski definition) is 1. The lowest BCUT2D eigenvalue weighted by atomic mass is 10.0.